The molecule has 0 saturated carbocycles. The number of hydrogen-bond acceptors (Lipinski definition) is 0. The van der Waals surface area contributed by atoms with Gasteiger partial charge in [-0.05, 0) is 0 Å². The van der Waals surface area contributed by atoms with Gasteiger partial charge in [0.1, 0.15) is 0 Å². The second-order valence-corrected chi connectivity index (χ2v) is 35.1. The predicted molar refractivity (Wildman–Crippen MR) is 206 cm³/mol. The van der Waals surface area contributed by atoms with Crippen LogP contribution in [-0.2, 0) is 24.2 Å². The molecule has 6 unspecified atom stereocenters. The van der Waals surface area contributed by atoms with Crippen molar-refractivity contribution >= 4 is 76.0 Å². The summed E-state index contributed by atoms with van der Waals surface area (Å²) in [6.07, 6.45) is 0. The van der Waals surface area contributed by atoms with Crippen molar-refractivity contribution in [2.45, 2.75) is 0 Å². The van der Waals surface area contributed by atoms with E-state index in [0.29, 0.717) is 0 Å². The van der Waals surface area contributed by atoms with Gasteiger partial charge in [0, 0.05) is 0 Å². The molecule has 10 heteroatoms. The van der Waals surface area contributed by atoms with E-state index < -0.39 is 0 Å². The summed E-state index contributed by atoms with van der Waals surface area (Å²) in [5.41, 5.74) is 0. The monoisotopic (exact) mass is 840 g/mol. The van der Waals surface area contributed by atoms with E-state index in [4.69, 9.17) is 0 Å². The summed E-state index contributed by atoms with van der Waals surface area (Å²) in [6, 6.07) is 65.7. The van der Waals surface area contributed by atoms with Crippen molar-refractivity contribution in [2.75, 3.05) is 0 Å². The van der Waals surface area contributed by atoms with Gasteiger partial charge < -0.3 is 24.8 Å². The van der Waals surface area contributed by atoms with E-state index in [0.717, 1.165) is 44.1 Å². The Balaban J connectivity index is 0.000000240. The van der Waals surface area contributed by atoms with Crippen LogP contribution in [0.2, 0.25) is 0 Å². The molecule has 6 atom stereocenters. The maximum absolute atomic E-state index is 2.27. The van der Waals surface area contributed by atoms with Crippen molar-refractivity contribution < 1.29 is 49.0 Å². The second-order valence-electron chi connectivity index (χ2n) is 9.14. The number of rotatable bonds is 12. The third kappa shape index (κ3) is 15.3. The molecule has 46 heavy (non-hydrogen) atoms. The van der Waals surface area contributed by atoms with Crippen LogP contribution in [0.1, 0.15) is 0 Å². The first-order valence-electron chi connectivity index (χ1n) is 13.9. The molecule has 0 bridgehead atoms. The molecule has 6 aromatic carbocycles. The first-order valence-corrected chi connectivity index (χ1v) is 27.7. The Kier molecular flexibility index (Phi) is 20.6. The van der Waals surface area contributed by atoms with Crippen molar-refractivity contribution in [2.24, 2.45) is 0 Å². The Bertz CT molecular complexity index is 1290. The molecule has 0 amide bonds. The number of hydrogen-bond donors (Lipinski definition) is 0. The minimum atomic E-state index is 0. The molecule has 0 aliphatic heterocycles. The standard InChI is InChI=1S/6C6H6P.2ClH.2Ni/c6*7-6-4-2-1-3-5-6;;;;/h6*1-5,7H;2*1H;;/q6*-1;;;2*+4/p-2. The van der Waals surface area contributed by atoms with Gasteiger partial charge in [-0.3, -0.25) is 0 Å². The summed E-state index contributed by atoms with van der Waals surface area (Å²) in [4.78, 5) is 0. The molecule has 0 spiro atoms. The molecule has 6 aromatic rings. The molecule has 0 radical (unpaired) electrons. The first-order chi connectivity index (χ1) is 21.8. The van der Waals surface area contributed by atoms with Crippen LogP contribution in [-0.4, -0.2) is 0 Å². The van der Waals surface area contributed by atoms with E-state index in [1.807, 2.05) is 0 Å². The van der Waals surface area contributed by atoms with Gasteiger partial charge >= 0.3 is 282 Å². The average molecular weight is 843 g/mol. The third-order valence-corrected chi connectivity index (χ3v) is 31.0. The normalized spacial score (nSPS) is 12.3. The van der Waals surface area contributed by atoms with Crippen LogP contribution in [0.4, 0.5) is 0 Å². The molecule has 6 rings (SSSR count). The zero-order valence-electron chi connectivity index (χ0n) is 24.7. The zero-order valence-corrected chi connectivity index (χ0v) is 34.2. The quantitative estimate of drug-likeness (QED) is 0.132. The van der Waals surface area contributed by atoms with Gasteiger partial charge in [0.2, 0.25) is 0 Å². The fourth-order valence-corrected chi connectivity index (χ4v) is 32.4. The van der Waals surface area contributed by atoms with Gasteiger partial charge in [-0.25, -0.2) is 0 Å². The van der Waals surface area contributed by atoms with Gasteiger partial charge in [0.25, 0.3) is 0 Å². The van der Waals surface area contributed by atoms with Crippen molar-refractivity contribution in [1.82, 2.24) is 0 Å². The average Bonchev–Trinajstić information content (AvgIpc) is 3.08. The summed E-state index contributed by atoms with van der Waals surface area (Å²) in [5, 5.41) is 8.94. The van der Waals surface area contributed by atoms with E-state index in [9.17, 15) is 0 Å². The Labute approximate surface area is 304 Å². The molecule has 0 heterocycles. The molecule has 0 aromatic heterocycles. The third-order valence-electron chi connectivity index (χ3n) is 5.66. The Hall–Kier alpha value is -0.533. The maximum atomic E-state index is 2.27. The van der Waals surface area contributed by atoms with Crippen molar-refractivity contribution in [3.63, 3.8) is 0 Å². The molecular weight excluding hydrogens is 807 g/mol. The van der Waals surface area contributed by atoms with Crippen LogP contribution < -0.4 is 56.6 Å². The summed E-state index contributed by atoms with van der Waals surface area (Å²) < 4.78 is 0. The van der Waals surface area contributed by atoms with E-state index in [2.05, 4.69) is 182 Å². The Morgan fingerprint density at radius 1 is 0.217 bits per heavy atom. The van der Waals surface area contributed by atoms with Crippen LogP contribution in [0.5, 0.6) is 0 Å². The van der Waals surface area contributed by atoms with Gasteiger partial charge in [0.05, 0.1) is 0 Å². The molecule has 0 nitrogen and oxygen atoms in total. The Morgan fingerprint density at radius 2 is 0.348 bits per heavy atom. The molecule has 0 N–H and O–H groups in total. The van der Waals surface area contributed by atoms with Gasteiger partial charge in [0.15, 0.2) is 0 Å². The Morgan fingerprint density at radius 3 is 0.478 bits per heavy atom. The number of halogens is 2. The number of benzene rings is 6. The van der Waals surface area contributed by atoms with Crippen molar-refractivity contribution in [3.05, 3.63) is 182 Å². The topological polar surface area (TPSA) is 0 Å². The molecular formula is C36H36Cl2Ni2P6. The SMILES string of the molecule is [Cl-].[Cl-].c1ccc([PH][Ni+]([PH]c2ccccc2)[PH]c2ccccc2)cc1.c1ccc([PH][Ni+]([PH]c2ccccc2)[PH]c2ccccc2)cc1. The van der Waals surface area contributed by atoms with Crippen LogP contribution >= 0.6 is 44.1 Å². The molecule has 244 valence electrons. The molecule has 0 fully saturated rings. The van der Waals surface area contributed by atoms with Crippen molar-refractivity contribution in [3.8, 4) is 0 Å². The van der Waals surface area contributed by atoms with E-state index in [1.54, 1.807) is 0 Å². The first kappa shape index (κ1) is 39.9. The van der Waals surface area contributed by atoms with E-state index >= 15 is 0 Å². The van der Waals surface area contributed by atoms with Crippen LogP contribution in [0, 0.1) is 0 Å². The van der Waals surface area contributed by atoms with Crippen LogP contribution in [0.25, 0.3) is 0 Å². The summed E-state index contributed by atoms with van der Waals surface area (Å²) >= 11 is 0.503. The van der Waals surface area contributed by atoms with Gasteiger partial charge in [-0.1, -0.05) is 0 Å². The minimum absolute atomic E-state index is 0. The summed E-state index contributed by atoms with van der Waals surface area (Å²) in [7, 11) is 5.48. The summed E-state index contributed by atoms with van der Waals surface area (Å²) in [6.45, 7) is 0. The van der Waals surface area contributed by atoms with Crippen molar-refractivity contribution in [1.29, 1.82) is 0 Å². The fraction of sp³-hybridized carbons (Fsp3) is 0. The van der Waals surface area contributed by atoms with E-state index in [1.165, 1.54) is 31.8 Å². The zero-order chi connectivity index (χ0) is 30.1. The molecule has 0 saturated heterocycles. The fourth-order valence-electron chi connectivity index (χ4n) is 3.61. The van der Waals surface area contributed by atoms with Crippen LogP contribution in [0.15, 0.2) is 182 Å². The molecule has 0 aliphatic carbocycles. The second kappa shape index (κ2) is 23.8. The van der Waals surface area contributed by atoms with Gasteiger partial charge in [-0.15, -0.1) is 0 Å². The van der Waals surface area contributed by atoms with Crippen LogP contribution in [0.3, 0.4) is 0 Å². The van der Waals surface area contributed by atoms with E-state index in [-0.39, 0.29) is 49.0 Å². The molecule has 0 aliphatic rings. The predicted octanol–water partition coefficient (Wildman–Crippen LogP) is 2.73. The summed E-state index contributed by atoms with van der Waals surface area (Å²) in [5.74, 6) is 0. The van der Waals surface area contributed by atoms with Gasteiger partial charge in [-0.2, -0.15) is 0 Å².